The minimum absolute atomic E-state index is 0.0875. The molecular formula is C24H25ClN4O2. The first-order valence-corrected chi connectivity index (χ1v) is 10.8. The van der Waals surface area contributed by atoms with Crippen molar-refractivity contribution < 1.29 is 9.90 Å². The van der Waals surface area contributed by atoms with Gasteiger partial charge in [-0.15, -0.1) is 0 Å². The third-order valence-corrected chi connectivity index (χ3v) is 5.90. The number of aliphatic hydroxyl groups is 1. The van der Waals surface area contributed by atoms with Gasteiger partial charge in [-0.1, -0.05) is 35.9 Å². The predicted octanol–water partition coefficient (Wildman–Crippen LogP) is 4.71. The number of hydrogen-bond acceptors (Lipinski definition) is 5. The standard InChI is InChI=1S/C24H25ClN4O2/c1-16(30)28-22-15-19(18-4-2-5-20(25)14-18)6-7-21(22)23(31)17-8-12-29(13-9-17)24-26-10-3-11-27-24/h2-7,10-11,14-15,17,23,31H,8-9,12-13H2,1H3,(H,28,30)/t23-/m1/s1. The average molecular weight is 437 g/mol. The number of nitrogens with one attached hydrogen (secondary N) is 1. The maximum absolute atomic E-state index is 11.8. The summed E-state index contributed by atoms with van der Waals surface area (Å²) in [6.07, 6.45) is 4.44. The van der Waals surface area contributed by atoms with Gasteiger partial charge in [0.15, 0.2) is 0 Å². The van der Waals surface area contributed by atoms with E-state index in [9.17, 15) is 9.90 Å². The Labute approximate surface area is 186 Å². The molecule has 2 heterocycles. The minimum atomic E-state index is -0.672. The summed E-state index contributed by atoms with van der Waals surface area (Å²) in [6, 6.07) is 15.1. The van der Waals surface area contributed by atoms with Gasteiger partial charge in [0.25, 0.3) is 0 Å². The lowest BCUT2D eigenvalue weighted by Crippen LogP contribution is -2.36. The van der Waals surface area contributed by atoms with Crippen LogP contribution in [0, 0.1) is 5.92 Å². The van der Waals surface area contributed by atoms with E-state index >= 15 is 0 Å². The molecule has 0 spiro atoms. The molecule has 3 aromatic rings. The van der Waals surface area contributed by atoms with Crippen LogP contribution in [0.4, 0.5) is 11.6 Å². The highest BCUT2D eigenvalue weighted by Crippen LogP contribution is 2.37. The van der Waals surface area contributed by atoms with Gasteiger partial charge in [-0.25, -0.2) is 9.97 Å². The Balaban J connectivity index is 1.54. The Kier molecular flexibility index (Phi) is 6.49. The molecule has 1 fully saturated rings. The van der Waals surface area contributed by atoms with E-state index in [-0.39, 0.29) is 11.8 Å². The van der Waals surface area contributed by atoms with E-state index in [1.165, 1.54) is 6.92 Å². The van der Waals surface area contributed by atoms with Crippen molar-refractivity contribution in [3.05, 3.63) is 71.5 Å². The zero-order chi connectivity index (χ0) is 21.8. The Morgan fingerprint density at radius 3 is 2.48 bits per heavy atom. The van der Waals surface area contributed by atoms with Crippen LogP contribution in [0.2, 0.25) is 5.02 Å². The number of amides is 1. The maximum atomic E-state index is 11.8. The van der Waals surface area contributed by atoms with Crippen molar-refractivity contribution in [2.75, 3.05) is 23.3 Å². The lowest BCUT2D eigenvalue weighted by molar-refractivity contribution is -0.114. The van der Waals surface area contributed by atoms with E-state index in [4.69, 9.17) is 11.6 Å². The van der Waals surface area contributed by atoms with Crippen molar-refractivity contribution in [2.45, 2.75) is 25.9 Å². The van der Waals surface area contributed by atoms with Gasteiger partial charge in [-0.05, 0) is 54.2 Å². The molecule has 2 aromatic carbocycles. The second kappa shape index (κ2) is 9.45. The number of aromatic nitrogens is 2. The monoisotopic (exact) mass is 436 g/mol. The lowest BCUT2D eigenvalue weighted by Gasteiger charge is -2.34. The van der Waals surface area contributed by atoms with Crippen molar-refractivity contribution in [2.24, 2.45) is 5.92 Å². The third-order valence-electron chi connectivity index (χ3n) is 5.66. The zero-order valence-electron chi connectivity index (χ0n) is 17.3. The van der Waals surface area contributed by atoms with Gasteiger partial charge in [-0.3, -0.25) is 4.79 Å². The van der Waals surface area contributed by atoms with E-state index in [0.717, 1.165) is 48.6 Å². The predicted molar refractivity (Wildman–Crippen MR) is 123 cm³/mol. The minimum Gasteiger partial charge on any atom is -0.388 e. The summed E-state index contributed by atoms with van der Waals surface area (Å²) in [5.41, 5.74) is 3.25. The molecule has 7 heteroatoms. The third kappa shape index (κ3) is 5.03. The Morgan fingerprint density at radius 1 is 1.10 bits per heavy atom. The second-order valence-corrected chi connectivity index (χ2v) is 8.25. The van der Waals surface area contributed by atoms with E-state index < -0.39 is 6.10 Å². The Bertz CT molecular complexity index is 1050. The van der Waals surface area contributed by atoms with Gasteiger partial charge in [0.05, 0.1) is 6.10 Å². The van der Waals surface area contributed by atoms with Gasteiger partial charge < -0.3 is 15.3 Å². The molecule has 1 saturated heterocycles. The van der Waals surface area contributed by atoms with Crippen LogP contribution in [0.25, 0.3) is 11.1 Å². The van der Waals surface area contributed by atoms with Crippen LogP contribution < -0.4 is 10.2 Å². The molecular weight excluding hydrogens is 412 g/mol. The summed E-state index contributed by atoms with van der Waals surface area (Å²) in [5, 5.41) is 14.7. The van der Waals surface area contributed by atoms with Crippen LogP contribution in [-0.4, -0.2) is 34.1 Å². The SMILES string of the molecule is CC(=O)Nc1cc(-c2cccc(Cl)c2)ccc1[C@H](O)C1CCN(c2ncccn2)CC1. The number of hydrogen-bond donors (Lipinski definition) is 2. The molecule has 2 N–H and O–H groups in total. The second-order valence-electron chi connectivity index (χ2n) is 7.81. The first-order valence-electron chi connectivity index (χ1n) is 10.4. The fourth-order valence-electron chi connectivity index (χ4n) is 4.08. The molecule has 0 unspecified atom stereocenters. The number of anilines is 2. The smallest absolute Gasteiger partial charge is 0.225 e. The summed E-state index contributed by atoms with van der Waals surface area (Å²) in [6.45, 7) is 3.03. The van der Waals surface area contributed by atoms with Crippen LogP contribution in [0.5, 0.6) is 0 Å². The zero-order valence-corrected chi connectivity index (χ0v) is 18.1. The normalized spacial score (nSPS) is 15.5. The molecule has 0 radical (unpaired) electrons. The first-order chi connectivity index (χ1) is 15.0. The van der Waals surface area contributed by atoms with E-state index in [1.54, 1.807) is 18.5 Å². The molecule has 1 aromatic heterocycles. The van der Waals surface area contributed by atoms with Crippen molar-refractivity contribution in [1.29, 1.82) is 0 Å². The molecule has 31 heavy (non-hydrogen) atoms. The summed E-state index contributed by atoms with van der Waals surface area (Å²) < 4.78 is 0. The highest BCUT2D eigenvalue weighted by molar-refractivity contribution is 6.30. The van der Waals surface area contributed by atoms with Crippen molar-refractivity contribution >= 4 is 29.1 Å². The summed E-state index contributed by atoms with van der Waals surface area (Å²) in [7, 11) is 0. The van der Waals surface area contributed by atoms with E-state index in [2.05, 4.69) is 20.2 Å². The van der Waals surface area contributed by atoms with Crippen molar-refractivity contribution in [3.8, 4) is 11.1 Å². The maximum Gasteiger partial charge on any atom is 0.225 e. The fraction of sp³-hybridized carbons (Fsp3) is 0.292. The number of nitrogens with zero attached hydrogens (tertiary/aromatic N) is 3. The topological polar surface area (TPSA) is 78.4 Å². The number of aliphatic hydroxyl groups excluding tert-OH is 1. The molecule has 1 atom stereocenters. The molecule has 6 nitrogen and oxygen atoms in total. The molecule has 0 bridgehead atoms. The van der Waals surface area contributed by atoms with Gasteiger partial charge >= 0.3 is 0 Å². The molecule has 0 aliphatic carbocycles. The number of piperidine rings is 1. The number of halogens is 1. The molecule has 1 amide bonds. The lowest BCUT2D eigenvalue weighted by atomic mass is 9.86. The van der Waals surface area contributed by atoms with Crippen LogP contribution in [0.3, 0.4) is 0 Å². The Hall–Kier alpha value is -2.96. The van der Waals surface area contributed by atoms with Crippen LogP contribution in [0.1, 0.15) is 31.4 Å². The number of rotatable bonds is 5. The van der Waals surface area contributed by atoms with Crippen molar-refractivity contribution in [1.82, 2.24) is 9.97 Å². The van der Waals surface area contributed by atoms with Crippen molar-refractivity contribution in [3.63, 3.8) is 0 Å². The average Bonchev–Trinajstić information content (AvgIpc) is 2.79. The molecule has 4 rings (SSSR count). The molecule has 1 aliphatic rings. The molecule has 1 aliphatic heterocycles. The van der Waals surface area contributed by atoms with Gasteiger partial charge in [0.2, 0.25) is 11.9 Å². The largest absolute Gasteiger partial charge is 0.388 e. The summed E-state index contributed by atoms with van der Waals surface area (Å²) in [4.78, 5) is 22.6. The van der Waals surface area contributed by atoms with E-state index in [0.29, 0.717) is 10.7 Å². The quantitative estimate of drug-likeness (QED) is 0.605. The summed E-state index contributed by atoms with van der Waals surface area (Å²) in [5.74, 6) is 0.637. The highest BCUT2D eigenvalue weighted by Gasteiger charge is 2.29. The first kappa shape index (κ1) is 21.3. The van der Waals surface area contributed by atoms with Gasteiger partial charge in [-0.2, -0.15) is 0 Å². The number of carbonyl (C=O) groups excluding carboxylic acids is 1. The number of carbonyl (C=O) groups is 1. The summed E-state index contributed by atoms with van der Waals surface area (Å²) >= 11 is 6.14. The molecule has 160 valence electrons. The van der Waals surface area contributed by atoms with Gasteiger partial charge in [0.1, 0.15) is 0 Å². The fourth-order valence-corrected chi connectivity index (χ4v) is 4.27. The van der Waals surface area contributed by atoms with Crippen LogP contribution in [-0.2, 0) is 4.79 Å². The Morgan fingerprint density at radius 2 is 1.81 bits per heavy atom. The number of benzene rings is 2. The van der Waals surface area contributed by atoms with Gasteiger partial charge in [0, 0.05) is 48.7 Å². The van der Waals surface area contributed by atoms with E-state index in [1.807, 2.05) is 42.5 Å². The van der Waals surface area contributed by atoms with Crippen LogP contribution in [0.15, 0.2) is 60.9 Å². The molecule has 0 saturated carbocycles. The van der Waals surface area contributed by atoms with Crippen LogP contribution >= 0.6 is 11.6 Å². The highest BCUT2D eigenvalue weighted by atomic mass is 35.5.